The highest BCUT2D eigenvalue weighted by Gasteiger charge is 2.35. The highest BCUT2D eigenvalue weighted by atomic mass is 79.9. The fraction of sp³-hybridized carbons (Fsp3) is 0.207. The lowest BCUT2D eigenvalue weighted by Gasteiger charge is -2.22. The number of nitrogens with one attached hydrogen (secondary N) is 1. The second-order valence-electron chi connectivity index (χ2n) is 8.85. The van der Waals surface area contributed by atoms with Crippen LogP contribution in [0.5, 0.6) is 17.2 Å². The van der Waals surface area contributed by atoms with Gasteiger partial charge in [0.1, 0.15) is 0 Å². The van der Waals surface area contributed by atoms with Crippen LogP contribution in [0.15, 0.2) is 75.0 Å². The summed E-state index contributed by atoms with van der Waals surface area (Å²) in [4.78, 5) is 29.4. The fourth-order valence-electron chi connectivity index (χ4n) is 4.95. The number of hydrogen-bond acceptors (Lipinski definition) is 6. The predicted octanol–water partition coefficient (Wildman–Crippen LogP) is 5.68. The number of hydrazone groups is 1. The van der Waals surface area contributed by atoms with Crippen molar-refractivity contribution < 1.29 is 19.0 Å². The molecule has 1 aliphatic rings. The molecule has 0 fully saturated rings. The maximum atomic E-state index is 13.6. The molecule has 0 radical (unpaired) electrons. The van der Waals surface area contributed by atoms with Crippen molar-refractivity contribution in [3.05, 3.63) is 86.6 Å². The molecule has 0 unspecified atom stereocenters. The molecule has 5 rings (SSSR count). The highest BCUT2D eigenvalue weighted by molar-refractivity contribution is 9.10. The van der Waals surface area contributed by atoms with Crippen molar-refractivity contribution in [2.24, 2.45) is 5.10 Å². The van der Waals surface area contributed by atoms with E-state index in [2.05, 4.69) is 20.9 Å². The molecule has 1 N–H and O–H groups in total. The van der Waals surface area contributed by atoms with Crippen molar-refractivity contribution in [1.82, 2.24) is 9.99 Å². The van der Waals surface area contributed by atoms with Crippen LogP contribution in [0.1, 0.15) is 30.5 Å². The molecule has 0 saturated carbocycles. The number of ether oxygens (including phenoxy) is 3. The molecule has 3 aromatic carbocycles. The van der Waals surface area contributed by atoms with Crippen LogP contribution in [0, 0.1) is 0 Å². The van der Waals surface area contributed by atoms with Gasteiger partial charge in [-0.3, -0.25) is 9.59 Å². The van der Waals surface area contributed by atoms with E-state index in [1.807, 2.05) is 48.5 Å². The molecule has 9 heteroatoms. The average Bonchev–Trinajstić information content (AvgIpc) is 3.37. The summed E-state index contributed by atoms with van der Waals surface area (Å²) in [7, 11) is 4.62. The maximum Gasteiger partial charge on any atom is 0.258 e. The number of pyridine rings is 1. The Morgan fingerprint density at radius 3 is 2.26 bits per heavy atom. The number of fused-ring (bicyclic) bond motifs is 1. The number of methoxy groups -OCH3 is 3. The van der Waals surface area contributed by atoms with Gasteiger partial charge in [0, 0.05) is 34.3 Å². The Labute approximate surface area is 228 Å². The number of amides is 1. The lowest BCUT2D eigenvalue weighted by atomic mass is 9.91. The molecule has 0 saturated heterocycles. The van der Waals surface area contributed by atoms with Crippen LogP contribution in [0.25, 0.3) is 22.0 Å². The van der Waals surface area contributed by atoms with Gasteiger partial charge in [-0.15, -0.1) is 0 Å². The molecular formula is C29H26BrN3O5. The summed E-state index contributed by atoms with van der Waals surface area (Å²) < 4.78 is 17.4. The molecule has 38 heavy (non-hydrogen) atoms. The number of H-pyrrole nitrogens is 1. The summed E-state index contributed by atoms with van der Waals surface area (Å²) >= 11 is 3.56. The lowest BCUT2D eigenvalue weighted by Crippen LogP contribution is -2.24. The Balaban J connectivity index is 1.71. The van der Waals surface area contributed by atoms with E-state index in [0.29, 0.717) is 40.5 Å². The number of nitrogens with zero attached hydrogens (tertiary/aromatic N) is 2. The summed E-state index contributed by atoms with van der Waals surface area (Å²) in [6, 6.07) is 18.6. The number of aromatic amines is 1. The monoisotopic (exact) mass is 575 g/mol. The third-order valence-electron chi connectivity index (χ3n) is 6.63. The zero-order valence-electron chi connectivity index (χ0n) is 21.4. The van der Waals surface area contributed by atoms with E-state index >= 15 is 0 Å². The summed E-state index contributed by atoms with van der Waals surface area (Å²) in [5.74, 6) is 1.14. The summed E-state index contributed by atoms with van der Waals surface area (Å²) in [5, 5.41) is 6.98. The Kier molecular flexibility index (Phi) is 6.94. The molecular weight excluding hydrogens is 550 g/mol. The van der Waals surface area contributed by atoms with Crippen molar-refractivity contribution in [1.29, 1.82) is 0 Å². The first-order valence-corrected chi connectivity index (χ1v) is 12.7. The molecule has 0 bridgehead atoms. The van der Waals surface area contributed by atoms with Crippen molar-refractivity contribution in [2.45, 2.75) is 19.4 Å². The van der Waals surface area contributed by atoms with Gasteiger partial charge >= 0.3 is 0 Å². The number of halogens is 1. The molecule has 194 valence electrons. The van der Waals surface area contributed by atoms with Gasteiger partial charge in [-0.1, -0.05) is 46.3 Å². The van der Waals surface area contributed by atoms with E-state index in [1.54, 1.807) is 26.4 Å². The van der Waals surface area contributed by atoms with Gasteiger partial charge in [0.25, 0.3) is 5.56 Å². The Morgan fingerprint density at radius 1 is 0.974 bits per heavy atom. The average molecular weight is 576 g/mol. The molecule has 1 amide bonds. The molecule has 8 nitrogen and oxygen atoms in total. The largest absolute Gasteiger partial charge is 0.493 e. The van der Waals surface area contributed by atoms with Crippen molar-refractivity contribution >= 4 is 38.5 Å². The van der Waals surface area contributed by atoms with E-state index in [4.69, 9.17) is 19.3 Å². The number of benzene rings is 3. The van der Waals surface area contributed by atoms with Crippen LogP contribution < -0.4 is 19.8 Å². The first-order chi connectivity index (χ1) is 18.4. The van der Waals surface area contributed by atoms with Crippen LogP contribution in [-0.4, -0.2) is 42.9 Å². The molecule has 1 atom stereocenters. The number of carbonyl (C=O) groups is 1. The predicted molar refractivity (Wildman–Crippen MR) is 150 cm³/mol. The molecule has 0 aliphatic carbocycles. The topological polar surface area (TPSA) is 93.2 Å². The van der Waals surface area contributed by atoms with Gasteiger partial charge in [-0.2, -0.15) is 5.10 Å². The minimum Gasteiger partial charge on any atom is -0.493 e. The first kappa shape index (κ1) is 25.5. The van der Waals surface area contributed by atoms with E-state index < -0.39 is 6.04 Å². The molecule has 2 heterocycles. The van der Waals surface area contributed by atoms with Gasteiger partial charge in [-0.25, -0.2) is 5.01 Å². The fourth-order valence-corrected chi connectivity index (χ4v) is 5.31. The van der Waals surface area contributed by atoms with E-state index in [1.165, 1.54) is 19.0 Å². The van der Waals surface area contributed by atoms with Gasteiger partial charge in [0.05, 0.1) is 38.6 Å². The first-order valence-electron chi connectivity index (χ1n) is 11.9. The van der Waals surface area contributed by atoms with Crippen molar-refractivity contribution in [3.8, 4) is 28.4 Å². The zero-order valence-corrected chi connectivity index (χ0v) is 23.0. The summed E-state index contributed by atoms with van der Waals surface area (Å²) in [5.41, 5.74) is 3.78. The Bertz CT molecular complexity index is 1610. The lowest BCUT2D eigenvalue weighted by molar-refractivity contribution is -0.130. The van der Waals surface area contributed by atoms with Gasteiger partial charge < -0.3 is 19.2 Å². The van der Waals surface area contributed by atoms with Crippen LogP contribution in [0.3, 0.4) is 0 Å². The van der Waals surface area contributed by atoms with Crippen LogP contribution in [0.4, 0.5) is 0 Å². The third kappa shape index (κ3) is 4.43. The maximum absolute atomic E-state index is 13.6. The SMILES string of the molecule is COc1cc([C@H]2CC(c3c(-c4ccccc4)c4cc(Br)ccc4[nH]c3=O)=NN2C(C)=O)cc(OC)c1OC. The van der Waals surface area contributed by atoms with E-state index in [-0.39, 0.29) is 11.5 Å². The summed E-state index contributed by atoms with van der Waals surface area (Å²) in [6.07, 6.45) is 0.320. The number of rotatable bonds is 6. The molecule has 0 spiro atoms. The van der Waals surface area contributed by atoms with E-state index in [0.717, 1.165) is 26.5 Å². The summed E-state index contributed by atoms with van der Waals surface area (Å²) in [6.45, 7) is 1.46. The van der Waals surface area contributed by atoms with Crippen LogP contribution in [-0.2, 0) is 4.79 Å². The third-order valence-corrected chi connectivity index (χ3v) is 7.13. The zero-order chi connectivity index (χ0) is 27.0. The van der Waals surface area contributed by atoms with Gasteiger partial charge in [0.15, 0.2) is 11.5 Å². The normalized spacial score (nSPS) is 14.9. The van der Waals surface area contributed by atoms with Gasteiger partial charge in [-0.05, 0) is 41.5 Å². The van der Waals surface area contributed by atoms with E-state index in [9.17, 15) is 9.59 Å². The highest BCUT2D eigenvalue weighted by Crippen LogP contribution is 2.44. The Hall–Kier alpha value is -4.11. The second-order valence-corrected chi connectivity index (χ2v) is 9.76. The minimum absolute atomic E-state index is 0.250. The smallest absolute Gasteiger partial charge is 0.258 e. The standard InChI is InChI=1S/C29H26BrN3O5/c1-16(34)33-23(18-12-24(36-2)28(38-4)25(13-18)37-3)15-22(32-33)27-26(17-8-6-5-7-9-17)20-14-19(30)10-11-21(20)31-29(27)35/h5-14,23H,15H2,1-4H3,(H,31,35)/t23-/m1/s1. The van der Waals surface area contributed by atoms with Crippen molar-refractivity contribution in [3.63, 3.8) is 0 Å². The quantitative estimate of drug-likeness (QED) is 0.319. The molecule has 4 aromatic rings. The number of aromatic nitrogens is 1. The number of hydrogen-bond donors (Lipinski definition) is 1. The second kappa shape index (κ2) is 10.3. The molecule has 1 aromatic heterocycles. The van der Waals surface area contributed by atoms with Gasteiger partial charge in [0.2, 0.25) is 11.7 Å². The Morgan fingerprint density at radius 2 is 1.66 bits per heavy atom. The minimum atomic E-state index is -0.475. The van der Waals surface area contributed by atoms with Crippen LogP contribution >= 0.6 is 15.9 Å². The number of carbonyl (C=O) groups excluding carboxylic acids is 1. The van der Waals surface area contributed by atoms with Crippen LogP contribution in [0.2, 0.25) is 0 Å². The van der Waals surface area contributed by atoms with Crippen molar-refractivity contribution in [2.75, 3.05) is 21.3 Å². The molecule has 1 aliphatic heterocycles.